The standard InChI is InChI=1S/C10H13N3O3S/c1-6-9(12-4-3-11-6)17-5-8(10(15)16)13-7(2)14/h3-4,8H,5H2,1-2H3,(H,13,14)(H,15,16). The fraction of sp³-hybridized carbons (Fsp3) is 0.400. The Morgan fingerprint density at radius 2 is 2.12 bits per heavy atom. The Labute approximate surface area is 103 Å². The lowest BCUT2D eigenvalue weighted by Crippen LogP contribution is -2.41. The Balaban J connectivity index is 2.61. The second kappa shape index (κ2) is 6.19. The number of carbonyl (C=O) groups is 2. The van der Waals surface area contributed by atoms with Gasteiger partial charge in [0.25, 0.3) is 0 Å². The molecule has 0 saturated carbocycles. The highest BCUT2D eigenvalue weighted by molar-refractivity contribution is 7.99. The van der Waals surface area contributed by atoms with E-state index < -0.39 is 12.0 Å². The van der Waals surface area contributed by atoms with Crippen LogP contribution < -0.4 is 5.32 Å². The predicted octanol–water partition coefficient (Wildman–Crippen LogP) is 0.466. The lowest BCUT2D eigenvalue weighted by atomic mass is 10.3. The van der Waals surface area contributed by atoms with Crippen LogP contribution in [-0.4, -0.2) is 38.7 Å². The molecular weight excluding hydrogens is 242 g/mol. The number of rotatable bonds is 5. The second-order valence-electron chi connectivity index (χ2n) is 3.35. The van der Waals surface area contributed by atoms with E-state index in [1.54, 1.807) is 19.3 Å². The van der Waals surface area contributed by atoms with Gasteiger partial charge in [0.2, 0.25) is 5.91 Å². The average Bonchev–Trinajstić information content (AvgIpc) is 2.25. The van der Waals surface area contributed by atoms with Crippen molar-refractivity contribution in [2.24, 2.45) is 0 Å². The molecule has 0 radical (unpaired) electrons. The number of nitrogens with one attached hydrogen (secondary N) is 1. The van der Waals surface area contributed by atoms with Crippen LogP contribution in [-0.2, 0) is 9.59 Å². The van der Waals surface area contributed by atoms with E-state index in [0.29, 0.717) is 5.03 Å². The third kappa shape index (κ3) is 4.39. The SMILES string of the molecule is CC(=O)NC(CSc1nccnc1C)C(=O)O. The first-order valence-electron chi connectivity index (χ1n) is 4.91. The van der Waals surface area contributed by atoms with E-state index in [-0.39, 0.29) is 11.7 Å². The predicted molar refractivity (Wildman–Crippen MR) is 62.7 cm³/mol. The van der Waals surface area contributed by atoms with Crippen LogP contribution >= 0.6 is 11.8 Å². The molecular formula is C10H13N3O3S. The monoisotopic (exact) mass is 255 g/mol. The van der Waals surface area contributed by atoms with Crippen molar-refractivity contribution in [2.45, 2.75) is 24.9 Å². The maximum Gasteiger partial charge on any atom is 0.327 e. The normalized spacial score (nSPS) is 11.9. The maximum absolute atomic E-state index is 10.9. The molecule has 1 aromatic rings. The number of aromatic nitrogens is 2. The number of aryl methyl sites for hydroxylation is 1. The summed E-state index contributed by atoms with van der Waals surface area (Å²) in [4.78, 5) is 29.8. The van der Waals surface area contributed by atoms with Crippen molar-refractivity contribution in [1.82, 2.24) is 15.3 Å². The third-order valence-electron chi connectivity index (χ3n) is 1.90. The molecule has 1 rings (SSSR count). The molecule has 6 nitrogen and oxygen atoms in total. The van der Waals surface area contributed by atoms with Gasteiger partial charge in [-0.2, -0.15) is 0 Å². The van der Waals surface area contributed by atoms with Crippen molar-refractivity contribution < 1.29 is 14.7 Å². The molecule has 1 atom stereocenters. The molecule has 92 valence electrons. The summed E-state index contributed by atoms with van der Waals surface area (Å²) in [7, 11) is 0. The summed E-state index contributed by atoms with van der Waals surface area (Å²) in [5.74, 6) is -1.21. The molecule has 7 heteroatoms. The Morgan fingerprint density at radius 1 is 1.47 bits per heavy atom. The second-order valence-corrected chi connectivity index (χ2v) is 4.36. The molecule has 0 aliphatic rings. The van der Waals surface area contributed by atoms with E-state index in [1.165, 1.54) is 18.7 Å². The smallest absolute Gasteiger partial charge is 0.327 e. The summed E-state index contributed by atoms with van der Waals surface area (Å²) >= 11 is 1.26. The largest absolute Gasteiger partial charge is 0.480 e. The van der Waals surface area contributed by atoms with Crippen LogP contribution in [0.2, 0.25) is 0 Å². The van der Waals surface area contributed by atoms with Crippen molar-refractivity contribution in [1.29, 1.82) is 0 Å². The zero-order valence-corrected chi connectivity index (χ0v) is 10.3. The Bertz CT molecular complexity index is 425. The van der Waals surface area contributed by atoms with Gasteiger partial charge in [-0.3, -0.25) is 9.78 Å². The summed E-state index contributed by atoms with van der Waals surface area (Å²) in [5.41, 5.74) is 0.740. The average molecular weight is 255 g/mol. The summed E-state index contributed by atoms with van der Waals surface area (Å²) in [5, 5.41) is 11.9. The first-order valence-corrected chi connectivity index (χ1v) is 5.89. The van der Waals surface area contributed by atoms with Crippen LogP contribution in [0.25, 0.3) is 0 Å². The van der Waals surface area contributed by atoms with Crippen LogP contribution in [0.3, 0.4) is 0 Å². The lowest BCUT2D eigenvalue weighted by Gasteiger charge is -2.12. The molecule has 0 bridgehead atoms. The van der Waals surface area contributed by atoms with Crippen LogP contribution in [0.5, 0.6) is 0 Å². The molecule has 17 heavy (non-hydrogen) atoms. The highest BCUT2D eigenvalue weighted by Gasteiger charge is 2.19. The summed E-state index contributed by atoms with van der Waals surface area (Å²) in [6.45, 7) is 3.08. The van der Waals surface area contributed by atoms with E-state index in [2.05, 4.69) is 15.3 Å². The van der Waals surface area contributed by atoms with Gasteiger partial charge in [0.05, 0.1) is 5.69 Å². The molecule has 1 amide bonds. The van der Waals surface area contributed by atoms with Gasteiger partial charge in [0.15, 0.2) is 0 Å². The van der Waals surface area contributed by atoms with Gasteiger partial charge in [-0.05, 0) is 6.92 Å². The summed E-state index contributed by atoms with van der Waals surface area (Å²) in [6.07, 6.45) is 3.12. The number of hydrogen-bond donors (Lipinski definition) is 2. The highest BCUT2D eigenvalue weighted by Crippen LogP contribution is 2.18. The van der Waals surface area contributed by atoms with Gasteiger partial charge in [0, 0.05) is 25.1 Å². The van der Waals surface area contributed by atoms with E-state index in [1.807, 2.05) is 0 Å². The zero-order valence-electron chi connectivity index (χ0n) is 9.51. The zero-order chi connectivity index (χ0) is 12.8. The van der Waals surface area contributed by atoms with Gasteiger partial charge >= 0.3 is 5.97 Å². The Hall–Kier alpha value is -1.63. The highest BCUT2D eigenvalue weighted by atomic mass is 32.2. The van der Waals surface area contributed by atoms with Crippen molar-refractivity contribution >= 4 is 23.6 Å². The van der Waals surface area contributed by atoms with Gasteiger partial charge in [-0.15, -0.1) is 11.8 Å². The number of amides is 1. The topological polar surface area (TPSA) is 92.2 Å². The van der Waals surface area contributed by atoms with Gasteiger partial charge < -0.3 is 10.4 Å². The van der Waals surface area contributed by atoms with E-state index in [9.17, 15) is 9.59 Å². The van der Waals surface area contributed by atoms with Crippen LogP contribution in [0.1, 0.15) is 12.6 Å². The number of carboxylic acid groups (broad SMARTS) is 1. The van der Waals surface area contributed by atoms with Crippen molar-refractivity contribution in [3.8, 4) is 0 Å². The third-order valence-corrected chi connectivity index (χ3v) is 3.07. The van der Waals surface area contributed by atoms with Crippen LogP contribution in [0, 0.1) is 6.92 Å². The molecule has 1 aromatic heterocycles. The number of carbonyl (C=O) groups excluding carboxylic acids is 1. The molecule has 0 aliphatic carbocycles. The molecule has 0 aromatic carbocycles. The summed E-state index contributed by atoms with van der Waals surface area (Å²) < 4.78 is 0. The number of hydrogen-bond acceptors (Lipinski definition) is 5. The number of thioether (sulfide) groups is 1. The van der Waals surface area contributed by atoms with Crippen LogP contribution in [0.4, 0.5) is 0 Å². The molecule has 1 heterocycles. The van der Waals surface area contributed by atoms with Crippen molar-refractivity contribution in [3.05, 3.63) is 18.1 Å². The van der Waals surface area contributed by atoms with E-state index in [0.717, 1.165) is 5.69 Å². The molecule has 0 aliphatic heterocycles. The number of nitrogens with zero attached hydrogens (tertiary/aromatic N) is 2. The first kappa shape index (κ1) is 13.4. The van der Waals surface area contributed by atoms with Crippen molar-refractivity contribution in [3.63, 3.8) is 0 Å². The minimum atomic E-state index is -1.06. The van der Waals surface area contributed by atoms with Gasteiger partial charge in [-0.1, -0.05) is 0 Å². The molecule has 1 unspecified atom stereocenters. The Morgan fingerprint density at radius 3 is 2.65 bits per heavy atom. The lowest BCUT2D eigenvalue weighted by molar-refractivity contribution is -0.140. The van der Waals surface area contributed by atoms with Crippen LogP contribution in [0.15, 0.2) is 17.4 Å². The maximum atomic E-state index is 10.9. The minimum absolute atomic E-state index is 0.217. The molecule has 2 N–H and O–H groups in total. The summed E-state index contributed by atoms with van der Waals surface area (Å²) in [6, 6.07) is -0.918. The van der Waals surface area contributed by atoms with Gasteiger partial charge in [-0.25, -0.2) is 9.78 Å². The quantitative estimate of drug-likeness (QED) is 0.743. The first-order chi connectivity index (χ1) is 8.00. The molecule has 0 fully saturated rings. The van der Waals surface area contributed by atoms with Crippen molar-refractivity contribution in [2.75, 3.05) is 5.75 Å². The Kier molecular flexibility index (Phi) is 4.89. The fourth-order valence-corrected chi connectivity index (χ4v) is 2.07. The molecule has 0 saturated heterocycles. The number of aliphatic carboxylic acids is 1. The fourth-order valence-electron chi connectivity index (χ4n) is 1.12. The minimum Gasteiger partial charge on any atom is -0.480 e. The van der Waals surface area contributed by atoms with Gasteiger partial charge in [0.1, 0.15) is 11.1 Å². The number of carboxylic acids is 1. The van der Waals surface area contributed by atoms with E-state index in [4.69, 9.17) is 5.11 Å². The van der Waals surface area contributed by atoms with E-state index >= 15 is 0 Å². The molecule has 0 spiro atoms.